The Bertz CT molecular complexity index is 1020. The molecule has 0 aliphatic heterocycles. The van der Waals surface area contributed by atoms with Crippen molar-refractivity contribution in [1.29, 1.82) is 0 Å². The summed E-state index contributed by atoms with van der Waals surface area (Å²) in [7, 11) is -3.87. The van der Waals surface area contributed by atoms with Crippen LogP contribution in [0.4, 0.5) is 11.4 Å². The molecule has 3 aromatic carbocycles. The monoisotopic (exact) mass is 367 g/mol. The molecule has 0 heterocycles. The van der Waals surface area contributed by atoms with Crippen molar-refractivity contribution in [1.82, 2.24) is 0 Å². The van der Waals surface area contributed by atoms with Gasteiger partial charge in [-0.15, -0.1) is 0 Å². The first-order valence-corrected chi connectivity index (χ1v) is 9.33. The summed E-state index contributed by atoms with van der Waals surface area (Å²) in [5, 5.41) is 7.67. The molecule has 132 valence electrons. The summed E-state index contributed by atoms with van der Waals surface area (Å²) < 4.78 is 24.3. The highest BCUT2D eigenvalue weighted by Crippen LogP contribution is 2.20. The second-order valence-electron chi connectivity index (χ2n) is 5.63. The van der Waals surface area contributed by atoms with Crippen LogP contribution in [0.25, 0.3) is 11.1 Å². The molecule has 0 unspecified atom stereocenters. The van der Waals surface area contributed by atoms with Gasteiger partial charge in [-0.3, -0.25) is 9.52 Å². The molecule has 0 radical (unpaired) electrons. The van der Waals surface area contributed by atoms with Crippen LogP contribution in [0, 0.1) is 0 Å². The first-order valence-electron chi connectivity index (χ1n) is 7.78. The summed E-state index contributed by atoms with van der Waals surface area (Å²) >= 11 is 0. The molecule has 26 heavy (non-hydrogen) atoms. The molecule has 0 atom stereocenters. The van der Waals surface area contributed by atoms with Crippen molar-refractivity contribution in [2.75, 3.05) is 10.0 Å². The molecule has 1 amide bonds. The van der Waals surface area contributed by atoms with Gasteiger partial charge in [-0.25, -0.2) is 5.14 Å². The van der Waals surface area contributed by atoms with E-state index in [2.05, 4.69) is 10.0 Å². The fourth-order valence-electron chi connectivity index (χ4n) is 2.47. The minimum absolute atomic E-state index is 0.268. The number of hydrogen-bond donors (Lipinski definition) is 3. The van der Waals surface area contributed by atoms with E-state index in [1.165, 1.54) is 12.1 Å². The van der Waals surface area contributed by atoms with Crippen LogP contribution < -0.4 is 15.2 Å². The molecule has 3 rings (SSSR count). The van der Waals surface area contributed by atoms with Crippen molar-refractivity contribution >= 4 is 27.5 Å². The van der Waals surface area contributed by atoms with Crippen molar-refractivity contribution in [3.63, 3.8) is 0 Å². The molecule has 0 aromatic heterocycles. The third kappa shape index (κ3) is 4.69. The second kappa shape index (κ2) is 7.38. The van der Waals surface area contributed by atoms with Gasteiger partial charge < -0.3 is 5.32 Å². The van der Waals surface area contributed by atoms with Gasteiger partial charge in [-0.2, -0.15) is 8.42 Å². The molecule has 3 aromatic rings. The Kier molecular flexibility index (Phi) is 5.01. The van der Waals surface area contributed by atoms with Crippen molar-refractivity contribution in [3.05, 3.63) is 84.4 Å². The summed E-state index contributed by atoms with van der Waals surface area (Å²) in [5.41, 5.74) is 3.30. The zero-order valence-corrected chi connectivity index (χ0v) is 14.5. The molecule has 7 heteroatoms. The summed E-state index contributed by atoms with van der Waals surface area (Å²) in [6, 6.07) is 23.4. The van der Waals surface area contributed by atoms with Crippen LogP contribution in [0.3, 0.4) is 0 Å². The minimum atomic E-state index is -3.87. The van der Waals surface area contributed by atoms with Crippen LogP contribution in [0.15, 0.2) is 78.9 Å². The highest BCUT2D eigenvalue weighted by Gasteiger charge is 2.08. The molecule has 0 saturated heterocycles. The van der Waals surface area contributed by atoms with Gasteiger partial charge in [-0.05, 0) is 41.5 Å². The van der Waals surface area contributed by atoms with Crippen LogP contribution >= 0.6 is 0 Å². The topological polar surface area (TPSA) is 101 Å². The van der Waals surface area contributed by atoms with Gasteiger partial charge in [0.05, 0.1) is 5.69 Å². The molecule has 0 fully saturated rings. The summed E-state index contributed by atoms with van der Waals surface area (Å²) in [6.07, 6.45) is 0. The number of carbonyl (C=O) groups excluding carboxylic acids is 1. The second-order valence-corrected chi connectivity index (χ2v) is 6.92. The molecular formula is C19H17N3O3S. The number of anilines is 2. The van der Waals surface area contributed by atoms with Crippen LogP contribution in [0.2, 0.25) is 0 Å². The van der Waals surface area contributed by atoms with Crippen LogP contribution in [-0.4, -0.2) is 14.3 Å². The summed E-state index contributed by atoms with van der Waals surface area (Å²) in [6.45, 7) is 0. The van der Waals surface area contributed by atoms with Gasteiger partial charge in [0.1, 0.15) is 0 Å². The Morgan fingerprint density at radius 2 is 1.38 bits per heavy atom. The molecular weight excluding hydrogens is 350 g/mol. The lowest BCUT2D eigenvalue weighted by Gasteiger charge is -2.09. The number of amides is 1. The van der Waals surface area contributed by atoms with Crippen molar-refractivity contribution in [2.24, 2.45) is 5.14 Å². The molecule has 0 saturated carbocycles. The molecule has 0 aliphatic carbocycles. The van der Waals surface area contributed by atoms with E-state index < -0.39 is 10.2 Å². The summed E-state index contributed by atoms with van der Waals surface area (Å²) in [5.74, 6) is -0.294. The SMILES string of the molecule is NS(=O)(=O)Nc1cccc(NC(=O)c2ccc(-c3ccccc3)cc2)c1. The summed E-state index contributed by atoms with van der Waals surface area (Å²) in [4.78, 5) is 12.4. The van der Waals surface area contributed by atoms with E-state index in [4.69, 9.17) is 5.14 Å². The van der Waals surface area contributed by atoms with Gasteiger partial charge >= 0.3 is 0 Å². The van der Waals surface area contributed by atoms with E-state index in [9.17, 15) is 13.2 Å². The molecule has 4 N–H and O–H groups in total. The van der Waals surface area contributed by atoms with E-state index in [0.29, 0.717) is 11.3 Å². The first-order chi connectivity index (χ1) is 12.4. The normalized spacial score (nSPS) is 11.0. The first kappa shape index (κ1) is 17.7. The Hall–Kier alpha value is -3.16. The minimum Gasteiger partial charge on any atom is -0.322 e. The predicted octanol–water partition coefficient (Wildman–Crippen LogP) is 3.22. The maximum absolute atomic E-state index is 12.4. The number of carbonyl (C=O) groups is 1. The standard InChI is InChI=1S/C19H17N3O3S/c20-26(24,25)22-18-8-4-7-17(13-18)21-19(23)16-11-9-15(10-12-16)14-5-2-1-3-6-14/h1-13,22H,(H,21,23)(H2,20,24,25). The molecule has 0 aliphatic rings. The quantitative estimate of drug-likeness (QED) is 0.645. The van der Waals surface area contributed by atoms with Gasteiger partial charge in [-0.1, -0.05) is 48.5 Å². The average Bonchev–Trinajstić information content (AvgIpc) is 2.61. The third-order valence-corrected chi connectivity index (χ3v) is 4.15. The van der Waals surface area contributed by atoms with E-state index in [1.807, 2.05) is 42.5 Å². The van der Waals surface area contributed by atoms with Crippen LogP contribution in [0.5, 0.6) is 0 Å². The molecule has 6 nitrogen and oxygen atoms in total. The highest BCUT2D eigenvalue weighted by molar-refractivity contribution is 7.90. The fourth-order valence-corrected chi connectivity index (χ4v) is 2.93. The van der Waals surface area contributed by atoms with E-state index >= 15 is 0 Å². The highest BCUT2D eigenvalue weighted by atomic mass is 32.2. The molecule has 0 spiro atoms. The Morgan fingerprint density at radius 1 is 0.769 bits per heavy atom. The Labute approximate surface area is 151 Å². The maximum Gasteiger partial charge on any atom is 0.296 e. The van der Waals surface area contributed by atoms with Gasteiger partial charge in [0.25, 0.3) is 16.1 Å². The number of rotatable bonds is 5. The number of nitrogens with two attached hydrogens (primary N) is 1. The van der Waals surface area contributed by atoms with Crippen LogP contribution in [0.1, 0.15) is 10.4 Å². The number of nitrogens with one attached hydrogen (secondary N) is 2. The lowest BCUT2D eigenvalue weighted by atomic mass is 10.0. The fraction of sp³-hybridized carbons (Fsp3) is 0. The lowest BCUT2D eigenvalue weighted by molar-refractivity contribution is 0.102. The van der Waals surface area contributed by atoms with Crippen molar-refractivity contribution in [2.45, 2.75) is 0 Å². The zero-order chi connectivity index (χ0) is 18.6. The predicted molar refractivity (Wildman–Crippen MR) is 103 cm³/mol. The number of benzene rings is 3. The van der Waals surface area contributed by atoms with Crippen molar-refractivity contribution in [3.8, 4) is 11.1 Å². The van der Waals surface area contributed by atoms with Crippen molar-refractivity contribution < 1.29 is 13.2 Å². The molecule has 0 bridgehead atoms. The smallest absolute Gasteiger partial charge is 0.296 e. The number of hydrogen-bond acceptors (Lipinski definition) is 3. The third-order valence-electron chi connectivity index (χ3n) is 3.63. The average molecular weight is 367 g/mol. The largest absolute Gasteiger partial charge is 0.322 e. The van der Waals surface area contributed by atoms with E-state index in [-0.39, 0.29) is 11.6 Å². The van der Waals surface area contributed by atoms with Gasteiger partial charge in [0, 0.05) is 11.3 Å². The Balaban J connectivity index is 1.73. The zero-order valence-electron chi connectivity index (χ0n) is 13.7. The van der Waals surface area contributed by atoms with E-state index in [0.717, 1.165) is 11.1 Å². The van der Waals surface area contributed by atoms with Gasteiger partial charge in [0.2, 0.25) is 0 Å². The lowest BCUT2D eigenvalue weighted by Crippen LogP contribution is -2.21. The maximum atomic E-state index is 12.4. The Morgan fingerprint density at radius 3 is 2.04 bits per heavy atom. The van der Waals surface area contributed by atoms with Crippen LogP contribution in [-0.2, 0) is 10.2 Å². The van der Waals surface area contributed by atoms with Gasteiger partial charge in [0.15, 0.2) is 0 Å². The van der Waals surface area contributed by atoms with E-state index in [1.54, 1.807) is 24.3 Å².